The van der Waals surface area contributed by atoms with Crippen LogP contribution in [0.5, 0.6) is 5.75 Å². The molecule has 0 saturated carbocycles. The Hall–Kier alpha value is -0.830. The second-order valence-electron chi connectivity index (χ2n) is 20.4. The molecule has 0 atom stereocenters. The molecule has 1 rings (SSSR count). The molecule has 1 aromatic rings. The monoisotopic (exact) mass is 821 g/mol. The number of rotatable bonds is 35. The van der Waals surface area contributed by atoms with Gasteiger partial charge in [-0.15, -0.1) is 0 Å². The molecule has 57 heavy (non-hydrogen) atoms. The summed E-state index contributed by atoms with van der Waals surface area (Å²) >= 11 is 0. The summed E-state index contributed by atoms with van der Waals surface area (Å²) in [5, 5.41) is 11.5. The standard InChI is InChI=1S/C52H98O.H3O3P/c1-10-12-14-16-18-20-22-24-26-28-30-32-34-36-38-40-42-52(9,46-44-47(50(3,4)5)49(53)48(45-46)51(6,7)8)43-41-39-37-35-33-31-29-27-25-23-21-19-17-15-13-11-2;1-4(2)3/h44-45,53H,10-43H2,1-9H3;4H,(H2,1,2,3). The molecular formula is C52H101O4P. The smallest absolute Gasteiger partial charge is 0.314 e. The van der Waals surface area contributed by atoms with Gasteiger partial charge < -0.3 is 14.9 Å². The topological polar surface area (TPSA) is 77.8 Å². The molecule has 338 valence electrons. The van der Waals surface area contributed by atoms with E-state index in [1.807, 2.05) is 0 Å². The van der Waals surface area contributed by atoms with Gasteiger partial charge in [0.05, 0.1) is 0 Å². The summed E-state index contributed by atoms with van der Waals surface area (Å²) in [7, 11) is -3.13. The summed E-state index contributed by atoms with van der Waals surface area (Å²) in [5.41, 5.74) is 3.74. The molecular weight excluding hydrogens is 720 g/mol. The molecule has 4 nitrogen and oxygen atoms in total. The molecule has 1 aromatic carbocycles. The zero-order chi connectivity index (χ0) is 42.8. The molecule has 0 heterocycles. The number of unbranched alkanes of at least 4 members (excludes halogenated alkanes) is 30. The van der Waals surface area contributed by atoms with E-state index in [-0.39, 0.29) is 16.2 Å². The van der Waals surface area contributed by atoms with Crippen molar-refractivity contribution in [3.63, 3.8) is 0 Å². The summed E-state index contributed by atoms with van der Waals surface area (Å²) in [6.07, 6.45) is 48.1. The average Bonchev–Trinajstić information content (AvgIpc) is 3.13. The van der Waals surface area contributed by atoms with E-state index < -0.39 is 8.25 Å². The zero-order valence-corrected chi connectivity index (χ0v) is 40.9. The van der Waals surface area contributed by atoms with Crippen LogP contribution in [0, 0.1) is 0 Å². The van der Waals surface area contributed by atoms with Gasteiger partial charge in [0.25, 0.3) is 0 Å². The van der Waals surface area contributed by atoms with Crippen LogP contribution in [0.15, 0.2) is 12.1 Å². The second kappa shape index (κ2) is 34.8. The van der Waals surface area contributed by atoms with Crippen molar-refractivity contribution >= 4 is 8.25 Å². The number of phenolic OH excluding ortho intramolecular Hbond substituents is 1. The van der Waals surface area contributed by atoms with E-state index in [2.05, 4.69) is 74.4 Å². The normalized spacial score (nSPS) is 12.4. The van der Waals surface area contributed by atoms with Crippen LogP contribution < -0.4 is 0 Å². The van der Waals surface area contributed by atoms with Crippen LogP contribution in [0.25, 0.3) is 0 Å². The van der Waals surface area contributed by atoms with E-state index >= 15 is 0 Å². The van der Waals surface area contributed by atoms with Gasteiger partial charge in [-0.05, 0) is 45.8 Å². The Morgan fingerprint density at radius 1 is 0.404 bits per heavy atom. The fraction of sp³-hybridized carbons (Fsp3) is 0.885. The van der Waals surface area contributed by atoms with Crippen LogP contribution in [0.2, 0.25) is 0 Å². The quantitative estimate of drug-likeness (QED) is 0.0471. The lowest BCUT2D eigenvalue weighted by Gasteiger charge is -2.35. The fourth-order valence-corrected chi connectivity index (χ4v) is 8.67. The molecule has 0 aliphatic heterocycles. The maximum Gasteiger partial charge on any atom is 0.314 e. The van der Waals surface area contributed by atoms with Gasteiger partial charge in [0, 0.05) is 0 Å². The molecule has 0 unspecified atom stereocenters. The van der Waals surface area contributed by atoms with Crippen LogP contribution in [0.3, 0.4) is 0 Å². The number of benzene rings is 1. The van der Waals surface area contributed by atoms with Crippen LogP contribution in [0.4, 0.5) is 0 Å². The van der Waals surface area contributed by atoms with E-state index in [1.165, 1.54) is 224 Å². The van der Waals surface area contributed by atoms with Gasteiger partial charge >= 0.3 is 8.25 Å². The Bertz CT molecular complexity index is 1010. The van der Waals surface area contributed by atoms with Gasteiger partial charge in [-0.3, -0.25) is 4.57 Å². The van der Waals surface area contributed by atoms with Crippen molar-refractivity contribution in [1.82, 2.24) is 0 Å². The summed E-state index contributed by atoms with van der Waals surface area (Å²) in [4.78, 5) is 14.3. The fourth-order valence-electron chi connectivity index (χ4n) is 8.67. The molecule has 3 N–H and O–H groups in total. The Morgan fingerprint density at radius 3 is 0.789 bits per heavy atom. The van der Waals surface area contributed by atoms with Gasteiger partial charge in [0.2, 0.25) is 0 Å². The molecule has 0 aliphatic rings. The number of hydrogen-bond acceptors (Lipinski definition) is 2. The maximum absolute atomic E-state index is 11.5. The van der Waals surface area contributed by atoms with E-state index in [4.69, 9.17) is 14.4 Å². The highest BCUT2D eigenvalue weighted by Gasteiger charge is 2.32. The Balaban J connectivity index is 0.00000745. The molecule has 0 radical (unpaired) electrons. The molecule has 0 bridgehead atoms. The van der Waals surface area contributed by atoms with E-state index in [0.717, 1.165) is 11.1 Å². The van der Waals surface area contributed by atoms with E-state index in [9.17, 15) is 5.11 Å². The van der Waals surface area contributed by atoms with Gasteiger partial charge in [-0.2, -0.15) is 0 Å². The summed E-state index contributed by atoms with van der Waals surface area (Å²) in [6, 6.07) is 4.81. The predicted octanol–water partition coefficient (Wildman–Crippen LogP) is 17.9. The molecule has 0 spiro atoms. The van der Waals surface area contributed by atoms with Crippen molar-refractivity contribution in [3.05, 3.63) is 28.8 Å². The number of hydrogen-bond donors (Lipinski definition) is 3. The van der Waals surface area contributed by atoms with E-state index in [0.29, 0.717) is 5.75 Å². The highest BCUT2D eigenvalue weighted by Crippen LogP contribution is 2.45. The summed E-state index contributed by atoms with van der Waals surface area (Å²) in [6.45, 7) is 20.8. The lowest BCUT2D eigenvalue weighted by Crippen LogP contribution is -2.25. The highest BCUT2D eigenvalue weighted by molar-refractivity contribution is 7.30. The summed E-state index contributed by atoms with van der Waals surface area (Å²) < 4.78 is 8.74. The first-order valence-corrected chi connectivity index (χ1v) is 26.2. The first kappa shape index (κ1) is 56.2. The van der Waals surface area contributed by atoms with Crippen LogP contribution in [0.1, 0.15) is 297 Å². The van der Waals surface area contributed by atoms with Gasteiger partial charge in [0.15, 0.2) is 0 Å². The third-order valence-electron chi connectivity index (χ3n) is 12.6. The third-order valence-corrected chi connectivity index (χ3v) is 12.6. The minimum Gasteiger partial charge on any atom is -0.507 e. The molecule has 5 heteroatoms. The van der Waals surface area contributed by atoms with Crippen LogP contribution >= 0.6 is 8.25 Å². The van der Waals surface area contributed by atoms with Gasteiger partial charge in [-0.1, -0.05) is 280 Å². The van der Waals surface area contributed by atoms with Crippen molar-refractivity contribution < 1.29 is 19.5 Å². The number of aromatic hydroxyl groups is 1. The lowest BCUT2D eigenvalue weighted by atomic mass is 9.70. The first-order chi connectivity index (χ1) is 27.1. The Labute approximate surface area is 357 Å². The largest absolute Gasteiger partial charge is 0.507 e. The second-order valence-corrected chi connectivity index (χ2v) is 20.9. The molecule has 0 amide bonds. The molecule has 0 saturated heterocycles. The Kier molecular flexibility index (Phi) is 34.3. The zero-order valence-electron chi connectivity index (χ0n) is 39.9. The molecule has 0 fully saturated rings. The molecule has 0 aromatic heterocycles. The predicted molar refractivity (Wildman–Crippen MR) is 255 cm³/mol. The molecule has 0 aliphatic carbocycles. The number of phenols is 1. The SMILES string of the molecule is CCCCCCCCCCCCCCCCCCC(C)(CCCCCCCCCCCCCCCCCC)c1cc(C(C)(C)C)c(O)c(C(C)(C)C)c1.O=[PH](O)O. The summed E-state index contributed by atoms with van der Waals surface area (Å²) in [5.74, 6) is 0.529. The van der Waals surface area contributed by atoms with Crippen molar-refractivity contribution in [2.75, 3.05) is 0 Å². The maximum atomic E-state index is 11.5. The van der Waals surface area contributed by atoms with Crippen molar-refractivity contribution in [2.24, 2.45) is 0 Å². The van der Waals surface area contributed by atoms with Crippen molar-refractivity contribution in [3.8, 4) is 5.75 Å². The van der Waals surface area contributed by atoms with Crippen molar-refractivity contribution in [1.29, 1.82) is 0 Å². The lowest BCUT2D eigenvalue weighted by molar-refractivity contribution is 0.357. The minimum absolute atomic E-state index is 0.0799. The average molecular weight is 821 g/mol. The Morgan fingerprint density at radius 2 is 0.596 bits per heavy atom. The van der Waals surface area contributed by atoms with Gasteiger partial charge in [0.1, 0.15) is 5.75 Å². The van der Waals surface area contributed by atoms with Crippen molar-refractivity contribution in [2.45, 2.75) is 297 Å². The highest BCUT2D eigenvalue weighted by atomic mass is 31.1. The van der Waals surface area contributed by atoms with Crippen LogP contribution in [-0.2, 0) is 20.8 Å². The van der Waals surface area contributed by atoms with Crippen LogP contribution in [-0.4, -0.2) is 14.9 Å². The minimum atomic E-state index is -3.13. The van der Waals surface area contributed by atoms with E-state index in [1.54, 1.807) is 0 Å². The third kappa shape index (κ3) is 30.8. The first-order valence-electron chi connectivity index (χ1n) is 24.9. The van der Waals surface area contributed by atoms with Gasteiger partial charge in [-0.25, -0.2) is 0 Å².